The second-order valence-corrected chi connectivity index (χ2v) is 8.96. The number of fused-ring (bicyclic) bond motifs is 1. The minimum absolute atomic E-state index is 0.116. The molecular weight excluding hydrogens is 422 g/mol. The van der Waals surface area contributed by atoms with Crippen LogP contribution in [0.5, 0.6) is 0 Å². The van der Waals surface area contributed by atoms with Gasteiger partial charge in [0.15, 0.2) is 0 Å². The van der Waals surface area contributed by atoms with Crippen molar-refractivity contribution in [3.05, 3.63) is 79.9 Å². The summed E-state index contributed by atoms with van der Waals surface area (Å²) >= 11 is 1.30. The number of para-hydroxylation sites is 1. The van der Waals surface area contributed by atoms with Crippen LogP contribution in [0.25, 0.3) is 11.0 Å². The van der Waals surface area contributed by atoms with Gasteiger partial charge in [-0.25, -0.2) is 4.40 Å². The van der Waals surface area contributed by atoms with Gasteiger partial charge in [-0.3, -0.25) is 9.59 Å². The molecule has 4 aromatic rings. The van der Waals surface area contributed by atoms with Crippen molar-refractivity contribution in [1.29, 1.82) is 0 Å². The number of anilines is 2. The smallest absolute Gasteiger partial charge is 0.275 e. The number of amides is 1. The summed E-state index contributed by atoms with van der Waals surface area (Å²) in [6.07, 6.45) is 2.41. The number of aryl methyl sites for hydroxylation is 3. The Morgan fingerprint density at radius 3 is 2.44 bits per heavy atom. The number of hydrogen-bond donors (Lipinski definition) is 1. The molecule has 2 aromatic carbocycles. The van der Waals surface area contributed by atoms with Gasteiger partial charge in [0.2, 0.25) is 10.9 Å². The summed E-state index contributed by atoms with van der Waals surface area (Å²) < 4.78 is 2.10. The van der Waals surface area contributed by atoms with E-state index < -0.39 is 0 Å². The van der Waals surface area contributed by atoms with Crippen LogP contribution in [-0.2, 0) is 11.2 Å². The Kier molecular flexibility index (Phi) is 6.05. The average Bonchev–Trinajstić information content (AvgIpc) is 3.30. The zero-order chi connectivity index (χ0) is 22.8. The fourth-order valence-electron chi connectivity index (χ4n) is 3.53. The lowest BCUT2D eigenvalue weighted by Crippen LogP contribution is -2.25. The Morgan fingerprint density at radius 1 is 1.09 bits per heavy atom. The van der Waals surface area contributed by atoms with Crippen LogP contribution in [0, 0.1) is 13.8 Å². The van der Waals surface area contributed by atoms with Crippen LogP contribution in [0.15, 0.2) is 47.3 Å². The molecule has 0 atom stereocenters. The largest absolute Gasteiger partial charge is 0.378 e. The third-order valence-electron chi connectivity index (χ3n) is 5.34. The summed E-state index contributed by atoms with van der Waals surface area (Å²) in [6, 6.07) is 13.9. The minimum atomic E-state index is -0.156. The lowest BCUT2D eigenvalue weighted by atomic mass is 10.1. The molecule has 0 aliphatic rings. The van der Waals surface area contributed by atoms with Gasteiger partial charge in [0.05, 0.1) is 4.53 Å². The number of carbonyl (C=O) groups is 1. The zero-order valence-corrected chi connectivity index (χ0v) is 19.4. The number of rotatable bonds is 6. The molecule has 2 heterocycles. The lowest BCUT2D eigenvalue weighted by molar-refractivity contribution is -0.116. The number of thiazole rings is 1. The first-order valence-corrected chi connectivity index (χ1v) is 11.2. The summed E-state index contributed by atoms with van der Waals surface area (Å²) in [5.74, 6) is 0.384. The highest BCUT2D eigenvalue weighted by Crippen LogP contribution is 2.20. The van der Waals surface area contributed by atoms with Gasteiger partial charge < -0.3 is 10.2 Å². The van der Waals surface area contributed by atoms with Gasteiger partial charge in [-0.2, -0.15) is 0 Å². The molecule has 0 aliphatic carbocycles. The molecule has 0 saturated heterocycles. The van der Waals surface area contributed by atoms with E-state index in [2.05, 4.69) is 15.5 Å². The van der Waals surface area contributed by atoms with Gasteiger partial charge in [0.25, 0.3) is 5.56 Å². The fourth-order valence-corrected chi connectivity index (χ4v) is 4.47. The monoisotopic (exact) mass is 447 g/mol. The van der Waals surface area contributed by atoms with Crippen molar-refractivity contribution in [2.24, 2.45) is 0 Å². The maximum atomic E-state index is 13.0. The van der Waals surface area contributed by atoms with E-state index in [1.165, 1.54) is 15.7 Å². The third kappa shape index (κ3) is 4.40. The molecule has 0 bridgehead atoms. The van der Waals surface area contributed by atoms with Crippen molar-refractivity contribution in [2.45, 2.75) is 26.7 Å². The van der Waals surface area contributed by atoms with Crippen molar-refractivity contribution in [3.63, 3.8) is 0 Å². The number of nitrogens with one attached hydrogen (secondary N) is 1. The molecule has 0 aliphatic heterocycles. The Bertz CT molecular complexity index is 1370. The van der Waals surface area contributed by atoms with Crippen LogP contribution in [0.1, 0.15) is 28.9 Å². The quantitative estimate of drug-likeness (QED) is 0.492. The maximum Gasteiger partial charge on any atom is 0.275 e. The Hall–Kier alpha value is -3.52. The first-order valence-electron chi connectivity index (χ1n) is 10.4. The first kappa shape index (κ1) is 21.7. The zero-order valence-electron chi connectivity index (χ0n) is 18.5. The molecule has 0 saturated carbocycles. The molecular formula is C24H25N5O2S. The van der Waals surface area contributed by atoms with E-state index in [0.29, 0.717) is 21.7 Å². The van der Waals surface area contributed by atoms with Crippen LogP contribution in [0.4, 0.5) is 11.4 Å². The number of nitrogens with zero attached hydrogens (tertiary/aromatic N) is 4. The summed E-state index contributed by atoms with van der Waals surface area (Å²) in [4.78, 5) is 28.0. The maximum absolute atomic E-state index is 13.0. The normalized spacial score (nSPS) is 11.8. The molecule has 7 nitrogen and oxygen atoms in total. The van der Waals surface area contributed by atoms with Gasteiger partial charge in [-0.15, -0.1) is 10.2 Å². The van der Waals surface area contributed by atoms with E-state index in [0.717, 1.165) is 28.1 Å². The molecule has 1 N–H and O–H groups in total. The second-order valence-electron chi connectivity index (χ2n) is 7.95. The van der Waals surface area contributed by atoms with Crippen molar-refractivity contribution in [3.8, 4) is 0 Å². The average molecular weight is 448 g/mol. The van der Waals surface area contributed by atoms with Gasteiger partial charge in [0.1, 0.15) is 5.82 Å². The number of hydrogen-bond acceptors (Lipinski definition) is 6. The molecule has 0 fully saturated rings. The molecule has 2 aromatic heterocycles. The van der Waals surface area contributed by atoms with E-state index in [4.69, 9.17) is 0 Å². The highest BCUT2D eigenvalue weighted by molar-refractivity contribution is 7.15. The standard InChI is InChI=1S/C24H25N5O2S/c1-15-6-5-7-16(2)22(15)25-21(30)13-12-20-26-27-24-29(20)23(31)19(32-24)14-17-8-10-18(11-9-17)28(3)4/h5-11,14H,12-13H2,1-4H3,(H,25,30)/b19-14-. The van der Waals surface area contributed by atoms with E-state index >= 15 is 0 Å². The molecule has 164 valence electrons. The van der Waals surface area contributed by atoms with Gasteiger partial charge in [-0.1, -0.05) is 41.7 Å². The number of aromatic nitrogens is 3. The predicted molar refractivity (Wildman–Crippen MR) is 130 cm³/mol. The van der Waals surface area contributed by atoms with E-state index in [-0.39, 0.29) is 17.9 Å². The molecule has 0 spiro atoms. The molecule has 0 unspecified atom stereocenters. The minimum Gasteiger partial charge on any atom is -0.378 e. The van der Waals surface area contributed by atoms with E-state index in [9.17, 15) is 9.59 Å². The number of benzene rings is 2. The first-order chi connectivity index (χ1) is 15.3. The number of carbonyl (C=O) groups excluding carboxylic acids is 1. The Labute approximate surface area is 190 Å². The summed E-state index contributed by atoms with van der Waals surface area (Å²) in [5, 5.41) is 11.2. The van der Waals surface area contributed by atoms with Crippen LogP contribution in [0.2, 0.25) is 0 Å². The van der Waals surface area contributed by atoms with Crippen molar-refractivity contribution >= 4 is 39.7 Å². The molecule has 0 radical (unpaired) electrons. The Balaban J connectivity index is 1.53. The van der Waals surface area contributed by atoms with Crippen molar-refractivity contribution < 1.29 is 4.79 Å². The molecule has 4 rings (SSSR count). The van der Waals surface area contributed by atoms with Gasteiger partial charge in [-0.05, 0) is 48.7 Å². The molecule has 32 heavy (non-hydrogen) atoms. The molecule has 8 heteroatoms. The van der Waals surface area contributed by atoms with E-state index in [1.807, 2.05) is 81.4 Å². The third-order valence-corrected chi connectivity index (χ3v) is 6.30. The summed E-state index contributed by atoms with van der Waals surface area (Å²) in [7, 11) is 3.97. The summed E-state index contributed by atoms with van der Waals surface area (Å²) in [6.45, 7) is 3.93. The highest BCUT2D eigenvalue weighted by atomic mass is 32.1. The summed E-state index contributed by atoms with van der Waals surface area (Å²) in [5.41, 5.74) is 4.75. The lowest BCUT2D eigenvalue weighted by Gasteiger charge is -2.11. The second kappa shape index (κ2) is 8.92. The van der Waals surface area contributed by atoms with Crippen molar-refractivity contribution in [1.82, 2.24) is 14.6 Å². The highest BCUT2D eigenvalue weighted by Gasteiger charge is 2.15. The fraction of sp³-hybridized carbons (Fsp3) is 0.250. The van der Waals surface area contributed by atoms with Gasteiger partial charge >= 0.3 is 0 Å². The Morgan fingerprint density at radius 2 is 1.78 bits per heavy atom. The topological polar surface area (TPSA) is 79.6 Å². The van der Waals surface area contributed by atoms with E-state index in [1.54, 1.807) is 0 Å². The predicted octanol–water partition coefficient (Wildman–Crippen LogP) is 2.95. The van der Waals surface area contributed by atoms with Gasteiger partial charge in [0, 0.05) is 38.3 Å². The van der Waals surface area contributed by atoms with Crippen LogP contribution >= 0.6 is 11.3 Å². The van der Waals surface area contributed by atoms with Crippen molar-refractivity contribution in [2.75, 3.05) is 24.3 Å². The van der Waals surface area contributed by atoms with Crippen LogP contribution in [-0.4, -0.2) is 34.6 Å². The molecule has 1 amide bonds. The van der Waals surface area contributed by atoms with Crippen LogP contribution < -0.4 is 20.3 Å². The SMILES string of the molecule is Cc1cccc(C)c1NC(=O)CCc1nnc2s/c(=C\c3ccc(N(C)C)cc3)c(=O)n12. The van der Waals surface area contributed by atoms with Crippen LogP contribution in [0.3, 0.4) is 0 Å².